The van der Waals surface area contributed by atoms with Crippen molar-refractivity contribution in [1.82, 2.24) is 4.90 Å². The predicted octanol–water partition coefficient (Wildman–Crippen LogP) is 3.06. The molecule has 1 N–H and O–H groups in total. The minimum Gasteiger partial charge on any atom is -0.395 e. The first-order chi connectivity index (χ1) is 9.24. The molecule has 3 nitrogen and oxygen atoms in total. The van der Waals surface area contributed by atoms with Crippen molar-refractivity contribution in [2.45, 2.75) is 38.1 Å². The number of carbonyl (C=O) groups excluding carboxylic acids is 1. The van der Waals surface area contributed by atoms with Crippen LogP contribution >= 0.6 is 22.6 Å². The predicted molar refractivity (Wildman–Crippen MR) is 84.2 cm³/mol. The average molecular weight is 373 g/mol. The lowest BCUT2D eigenvalue weighted by Gasteiger charge is -2.34. The minimum atomic E-state index is 0.0334. The summed E-state index contributed by atoms with van der Waals surface area (Å²) < 4.78 is 0.976. The Hall–Kier alpha value is -0.620. The Kier molecular flexibility index (Phi) is 5.63. The number of amides is 1. The molecule has 1 fully saturated rings. The van der Waals surface area contributed by atoms with Gasteiger partial charge in [0.1, 0.15) is 0 Å². The first kappa shape index (κ1) is 14.8. The molecule has 1 saturated carbocycles. The number of hydrogen-bond acceptors (Lipinski definition) is 2. The normalized spacial score (nSPS) is 16.3. The van der Waals surface area contributed by atoms with Crippen LogP contribution in [-0.4, -0.2) is 35.1 Å². The second kappa shape index (κ2) is 7.24. The highest BCUT2D eigenvalue weighted by Gasteiger charge is 2.26. The van der Waals surface area contributed by atoms with Gasteiger partial charge in [-0.25, -0.2) is 0 Å². The molecule has 1 aromatic carbocycles. The van der Waals surface area contributed by atoms with Crippen LogP contribution in [0.3, 0.4) is 0 Å². The molecule has 0 radical (unpaired) electrons. The van der Waals surface area contributed by atoms with Crippen molar-refractivity contribution in [3.63, 3.8) is 0 Å². The highest BCUT2D eigenvalue weighted by atomic mass is 127. The van der Waals surface area contributed by atoms with Gasteiger partial charge in [0.25, 0.3) is 5.91 Å². The largest absolute Gasteiger partial charge is 0.395 e. The van der Waals surface area contributed by atoms with Crippen molar-refractivity contribution >= 4 is 28.5 Å². The van der Waals surface area contributed by atoms with Gasteiger partial charge in [-0.15, -0.1) is 0 Å². The molecular formula is C15H20INO2. The Bertz CT molecular complexity index is 430. The maximum atomic E-state index is 12.7. The number of benzene rings is 1. The Labute approximate surface area is 128 Å². The summed E-state index contributed by atoms with van der Waals surface area (Å²) in [5.74, 6) is 0.0611. The number of aliphatic hydroxyl groups is 1. The molecule has 2 rings (SSSR count). The molecular weight excluding hydrogens is 353 g/mol. The van der Waals surface area contributed by atoms with Gasteiger partial charge >= 0.3 is 0 Å². The van der Waals surface area contributed by atoms with Crippen molar-refractivity contribution < 1.29 is 9.90 Å². The van der Waals surface area contributed by atoms with Gasteiger partial charge in [-0.05, 0) is 47.6 Å². The van der Waals surface area contributed by atoms with Crippen molar-refractivity contribution in [2.24, 2.45) is 0 Å². The number of carbonyl (C=O) groups is 1. The number of aliphatic hydroxyl groups excluding tert-OH is 1. The maximum absolute atomic E-state index is 12.7. The zero-order valence-corrected chi connectivity index (χ0v) is 13.2. The van der Waals surface area contributed by atoms with E-state index in [4.69, 9.17) is 0 Å². The molecule has 1 aliphatic carbocycles. The number of hydrogen-bond donors (Lipinski definition) is 1. The summed E-state index contributed by atoms with van der Waals surface area (Å²) in [5, 5.41) is 9.24. The average Bonchev–Trinajstić information content (AvgIpc) is 2.45. The number of nitrogens with zero attached hydrogens (tertiary/aromatic N) is 1. The van der Waals surface area contributed by atoms with Crippen LogP contribution in [-0.2, 0) is 0 Å². The molecule has 4 heteroatoms. The summed E-state index contributed by atoms with van der Waals surface area (Å²) in [7, 11) is 0. The summed E-state index contributed by atoms with van der Waals surface area (Å²) in [6, 6.07) is 7.95. The second-order valence-electron chi connectivity index (χ2n) is 4.99. The summed E-state index contributed by atoms with van der Waals surface area (Å²) in [5.41, 5.74) is 0.752. The van der Waals surface area contributed by atoms with E-state index in [-0.39, 0.29) is 12.5 Å². The third-order valence-corrected chi connectivity index (χ3v) is 4.66. The van der Waals surface area contributed by atoms with Crippen LogP contribution in [0.4, 0.5) is 0 Å². The minimum absolute atomic E-state index is 0.0334. The van der Waals surface area contributed by atoms with Gasteiger partial charge in [0.05, 0.1) is 12.2 Å². The van der Waals surface area contributed by atoms with Crippen LogP contribution in [0, 0.1) is 3.57 Å². The van der Waals surface area contributed by atoms with Gasteiger partial charge in [-0.2, -0.15) is 0 Å². The van der Waals surface area contributed by atoms with Crippen LogP contribution in [0.15, 0.2) is 24.3 Å². The van der Waals surface area contributed by atoms with Crippen LogP contribution in [0.25, 0.3) is 0 Å². The number of halogens is 1. The SMILES string of the molecule is O=C(c1ccccc1I)N(CCO)C1CCCCC1. The zero-order chi connectivity index (χ0) is 13.7. The first-order valence-corrected chi connectivity index (χ1v) is 7.98. The van der Waals surface area contributed by atoms with Crippen LogP contribution < -0.4 is 0 Å². The van der Waals surface area contributed by atoms with Gasteiger partial charge in [0, 0.05) is 16.2 Å². The maximum Gasteiger partial charge on any atom is 0.255 e. The Morgan fingerprint density at radius 2 is 1.95 bits per heavy atom. The molecule has 19 heavy (non-hydrogen) atoms. The highest BCUT2D eigenvalue weighted by molar-refractivity contribution is 14.1. The molecule has 1 aliphatic rings. The van der Waals surface area contributed by atoms with Gasteiger partial charge in [-0.1, -0.05) is 31.4 Å². The molecule has 0 unspecified atom stereocenters. The molecule has 0 aliphatic heterocycles. The molecule has 1 aromatic rings. The van der Waals surface area contributed by atoms with E-state index in [1.54, 1.807) is 0 Å². The fourth-order valence-electron chi connectivity index (χ4n) is 2.74. The van der Waals surface area contributed by atoms with Gasteiger partial charge in [0.2, 0.25) is 0 Å². The number of rotatable bonds is 4. The van der Waals surface area contributed by atoms with E-state index in [1.807, 2.05) is 29.2 Å². The van der Waals surface area contributed by atoms with E-state index in [9.17, 15) is 9.90 Å². The van der Waals surface area contributed by atoms with E-state index in [1.165, 1.54) is 19.3 Å². The summed E-state index contributed by atoms with van der Waals surface area (Å²) in [6.07, 6.45) is 5.77. The molecule has 0 heterocycles. The van der Waals surface area contributed by atoms with Gasteiger partial charge < -0.3 is 10.0 Å². The standard InChI is InChI=1S/C15H20INO2/c16-14-9-5-4-8-13(14)15(19)17(10-11-18)12-6-2-1-3-7-12/h4-5,8-9,12,18H,1-3,6-7,10-11H2. The van der Waals surface area contributed by atoms with E-state index >= 15 is 0 Å². The summed E-state index contributed by atoms with van der Waals surface area (Å²) >= 11 is 2.20. The Balaban J connectivity index is 2.18. The van der Waals surface area contributed by atoms with Gasteiger partial charge in [-0.3, -0.25) is 4.79 Å². The third-order valence-electron chi connectivity index (χ3n) is 3.72. The lowest BCUT2D eigenvalue weighted by molar-refractivity contribution is 0.0584. The molecule has 104 valence electrons. The lowest BCUT2D eigenvalue weighted by atomic mass is 9.93. The molecule has 0 bridgehead atoms. The van der Waals surface area contributed by atoms with Crippen LogP contribution in [0.1, 0.15) is 42.5 Å². The second-order valence-corrected chi connectivity index (χ2v) is 6.16. The first-order valence-electron chi connectivity index (χ1n) is 6.90. The molecule has 0 spiro atoms. The monoisotopic (exact) mass is 373 g/mol. The zero-order valence-electron chi connectivity index (χ0n) is 11.0. The summed E-state index contributed by atoms with van der Waals surface area (Å²) in [4.78, 5) is 14.5. The van der Waals surface area contributed by atoms with Crippen LogP contribution in [0.2, 0.25) is 0 Å². The molecule has 0 saturated heterocycles. The van der Waals surface area contributed by atoms with E-state index in [0.29, 0.717) is 12.6 Å². The van der Waals surface area contributed by atoms with Crippen molar-refractivity contribution in [2.75, 3.05) is 13.2 Å². The van der Waals surface area contributed by atoms with E-state index < -0.39 is 0 Å². The van der Waals surface area contributed by atoms with Crippen molar-refractivity contribution in [1.29, 1.82) is 0 Å². The lowest BCUT2D eigenvalue weighted by Crippen LogP contribution is -2.43. The quantitative estimate of drug-likeness (QED) is 0.825. The highest BCUT2D eigenvalue weighted by Crippen LogP contribution is 2.25. The summed E-state index contributed by atoms with van der Waals surface area (Å²) in [6.45, 7) is 0.472. The fourth-order valence-corrected chi connectivity index (χ4v) is 3.36. The fraction of sp³-hybridized carbons (Fsp3) is 0.533. The topological polar surface area (TPSA) is 40.5 Å². The third kappa shape index (κ3) is 3.69. The van der Waals surface area contributed by atoms with Crippen molar-refractivity contribution in [3.8, 4) is 0 Å². The van der Waals surface area contributed by atoms with Crippen LogP contribution in [0.5, 0.6) is 0 Å². The van der Waals surface area contributed by atoms with Gasteiger partial charge in [0.15, 0.2) is 0 Å². The van der Waals surface area contributed by atoms with Crippen molar-refractivity contribution in [3.05, 3.63) is 33.4 Å². The molecule has 1 amide bonds. The Morgan fingerprint density at radius 3 is 2.58 bits per heavy atom. The Morgan fingerprint density at radius 1 is 1.26 bits per heavy atom. The van der Waals surface area contributed by atoms with E-state index in [2.05, 4.69) is 22.6 Å². The van der Waals surface area contributed by atoms with E-state index in [0.717, 1.165) is 22.0 Å². The molecule has 0 aromatic heterocycles. The molecule has 0 atom stereocenters. The smallest absolute Gasteiger partial charge is 0.255 e.